The number of nitriles is 1. The van der Waals surface area contributed by atoms with E-state index in [9.17, 15) is 0 Å². The maximum atomic E-state index is 8.70. The van der Waals surface area contributed by atoms with E-state index in [0.717, 1.165) is 15.4 Å². The topological polar surface area (TPSA) is 36.7 Å². The van der Waals surface area contributed by atoms with Gasteiger partial charge in [0, 0.05) is 9.86 Å². The first-order valence-electron chi connectivity index (χ1n) is 4.18. The summed E-state index contributed by atoms with van der Waals surface area (Å²) in [7, 11) is 0. The number of nitrogens with zero attached hydrogens (tertiary/aromatic N) is 2. The van der Waals surface area contributed by atoms with Crippen LogP contribution in [0, 0.1) is 18.3 Å². The lowest BCUT2D eigenvalue weighted by Crippen LogP contribution is -1.86. The van der Waals surface area contributed by atoms with Crippen molar-refractivity contribution in [1.82, 2.24) is 4.98 Å². The van der Waals surface area contributed by atoms with Gasteiger partial charge in [-0.05, 0) is 46.6 Å². The van der Waals surface area contributed by atoms with E-state index in [0.29, 0.717) is 5.69 Å². The van der Waals surface area contributed by atoms with E-state index in [2.05, 4.69) is 20.9 Å². The summed E-state index contributed by atoms with van der Waals surface area (Å²) < 4.78 is 1.05. The van der Waals surface area contributed by atoms with Gasteiger partial charge in [0.05, 0.1) is 5.52 Å². The molecule has 0 aliphatic carbocycles. The van der Waals surface area contributed by atoms with Crippen molar-refractivity contribution < 1.29 is 0 Å². The maximum absolute atomic E-state index is 8.70. The van der Waals surface area contributed by atoms with E-state index >= 15 is 0 Å². The smallest absolute Gasteiger partial charge is 0.141 e. The molecule has 14 heavy (non-hydrogen) atoms. The Labute approximate surface area is 90.3 Å². The summed E-state index contributed by atoms with van der Waals surface area (Å²) in [4.78, 5) is 4.20. The van der Waals surface area contributed by atoms with Crippen molar-refractivity contribution >= 4 is 26.8 Å². The summed E-state index contributed by atoms with van der Waals surface area (Å²) in [5.74, 6) is 0. The Morgan fingerprint density at radius 2 is 2.07 bits per heavy atom. The van der Waals surface area contributed by atoms with Crippen LogP contribution in [0.3, 0.4) is 0 Å². The van der Waals surface area contributed by atoms with Gasteiger partial charge in [0.25, 0.3) is 0 Å². The van der Waals surface area contributed by atoms with Crippen molar-refractivity contribution in [3.63, 3.8) is 0 Å². The third kappa shape index (κ3) is 1.38. The molecule has 3 heteroatoms. The summed E-state index contributed by atoms with van der Waals surface area (Å²) >= 11 is 3.50. The molecule has 1 aromatic heterocycles. The number of fused-ring (bicyclic) bond motifs is 1. The van der Waals surface area contributed by atoms with E-state index in [4.69, 9.17) is 5.26 Å². The van der Waals surface area contributed by atoms with Gasteiger partial charge in [0.2, 0.25) is 0 Å². The zero-order valence-electron chi connectivity index (χ0n) is 7.58. The molecule has 0 bridgehead atoms. The molecule has 2 aromatic rings. The highest BCUT2D eigenvalue weighted by molar-refractivity contribution is 9.10. The first-order chi connectivity index (χ1) is 6.72. The zero-order chi connectivity index (χ0) is 10.1. The standard InChI is InChI=1S/C11H7BrN2/c1-7-2-5-10-9(11(7)12)4-3-8(6-13)14-10/h2-5H,1H3. The number of pyridine rings is 1. The summed E-state index contributed by atoms with van der Waals surface area (Å²) in [6, 6.07) is 9.58. The van der Waals surface area contributed by atoms with Crippen molar-refractivity contribution in [3.05, 3.63) is 40.0 Å². The Balaban J connectivity index is 2.83. The van der Waals surface area contributed by atoms with Gasteiger partial charge >= 0.3 is 0 Å². The summed E-state index contributed by atoms with van der Waals surface area (Å²) in [5, 5.41) is 9.74. The number of hydrogen-bond acceptors (Lipinski definition) is 2. The molecule has 0 spiro atoms. The SMILES string of the molecule is Cc1ccc2nc(C#N)ccc2c1Br. The molecule has 1 heterocycles. The lowest BCUT2D eigenvalue weighted by molar-refractivity contribution is 1.31. The van der Waals surface area contributed by atoms with Crippen LogP contribution in [0.25, 0.3) is 10.9 Å². The molecule has 0 radical (unpaired) electrons. The quantitative estimate of drug-likeness (QED) is 0.716. The second-order valence-corrected chi connectivity index (χ2v) is 3.86. The second kappa shape index (κ2) is 3.39. The van der Waals surface area contributed by atoms with Crippen LogP contribution in [0.15, 0.2) is 28.7 Å². The molecule has 2 rings (SSSR count). The van der Waals surface area contributed by atoms with Gasteiger partial charge < -0.3 is 0 Å². The van der Waals surface area contributed by atoms with Crippen molar-refractivity contribution in [2.45, 2.75) is 6.92 Å². The van der Waals surface area contributed by atoms with Crippen molar-refractivity contribution in [2.24, 2.45) is 0 Å². The normalized spacial score (nSPS) is 10.1. The second-order valence-electron chi connectivity index (χ2n) is 3.07. The Morgan fingerprint density at radius 1 is 1.29 bits per heavy atom. The van der Waals surface area contributed by atoms with Gasteiger partial charge in [-0.3, -0.25) is 0 Å². The van der Waals surface area contributed by atoms with Crippen LogP contribution in [0.4, 0.5) is 0 Å². The Kier molecular flexibility index (Phi) is 2.22. The molecule has 1 aromatic carbocycles. The van der Waals surface area contributed by atoms with E-state index in [1.807, 2.05) is 31.2 Å². The summed E-state index contributed by atoms with van der Waals surface area (Å²) in [6.45, 7) is 2.03. The molecule has 0 saturated carbocycles. The van der Waals surface area contributed by atoms with Crippen molar-refractivity contribution in [1.29, 1.82) is 5.26 Å². The molecule has 0 aliphatic heterocycles. The molecular weight excluding hydrogens is 240 g/mol. The zero-order valence-corrected chi connectivity index (χ0v) is 9.17. The average molecular weight is 247 g/mol. The Bertz CT molecular complexity index is 541. The van der Waals surface area contributed by atoms with Crippen LogP contribution in [0.5, 0.6) is 0 Å². The predicted molar refractivity (Wildman–Crippen MR) is 58.9 cm³/mol. The molecule has 2 nitrogen and oxygen atoms in total. The minimum atomic E-state index is 0.452. The number of aromatic nitrogens is 1. The van der Waals surface area contributed by atoms with Gasteiger partial charge in [0.15, 0.2) is 0 Å². The third-order valence-corrected chi connectivity index (χ3v) is 3.17. The predicted octanol–water partition coefficient (Wildman–Crippen LogP) is 3.18. The average Bonchev–Trinajstić information content (AvgIpc) is 2.23. The van der Waals surface area contributed by atoms with Crippen LogP contribution in [0.1, 0.15) is 11.3 Å². The monoisotopic (exact) mass is 246 g/mol. The minimum Gasteiger partial charge on any atom is -0.237 e. The number of rotatable bonds is 0. The van der Waals surface area contributed by atoms with Crippen LogP contribution >= 0.6 is 15.9 Å². The maximum Gasteiger partial charge on any atom is 0.141 e. The van der Waals surface area contributed by atoms with Crippen molar-refractivity contribution in [3.8, 4) is 6.07 Å². The lowest BCUT2D eigenvalue weighted by atomic mass is 10.1. The number of benzene rings is 1. The van der Waals surface area contributed by atoms with Gasteiger partial charge in [-0.25, -0.2) is 4.98 Å². The fourth-order valence-electron chi connectivity index (χ4n) is 1.34. The molecule has 0 aliphatic rings. The van der Waals surface area contributed by atoms with Gasteiger partial charge in [0.1, 0.15) is 11.8 Å². The highest BCUT2D eigenvalue weighted by atomic mass is 79.9. The highest BCUT2D eigenvalue weighted by Gasteiger charge is 2.03. The van der Waals surface area contributed by atoms with Crippen molar-refractivity contribution in [2.75, 3.05) is 0 Å². The third-order valence-electron chi connectivity index (χ3n) is 2.11. The summed E-state index contributed by atoms with van der Waals surface area (Å²) in [6.07, 6.45) is 0. The molecule has 0 unspecified atom stereocenters. The molecule has 0 amide bonds. The fourth-order valence-corrected chi connectivity index (χ4v) is 1.81. The van der Waals surface area contributed by atoms with Gasteiger partial charge in [-0.1, -0.05) is 6.07 Å². The van der Waals surface area contributed by atoms with E-state index in [-0.39, 0.29) is 0 Å². The molecule has 0 N–H and O–H groups in total. The lowest BCUT2D eigenvalue weighted by Gasteiger charge is -2.02. The summed E-state index contributed by atoms with van der Waals surface area (Å²) in [5.41, 5.74) is 2.47. The van der Waals surface area contributed by atoms with Crippen LogP contribution in [0.2, 0.25) is 0 Å². The number of hydrogen-bond donors (Lipinski definition) is 0. The molecule has 68 valence electrons. The van der Waals surface area contributed by atoms with Gasteiger partial charge in [-0.15, -0.1) is 0 Å². The van der Waals surface area contributed by atoms with E-state index in [1.54, 1.807) is 6.07 Å². The number of aryl methyl sites for hydroxylation is 1. The molecular formula is C11H7BrN2. The first kappa shape index (κ1) is 9.17. The molecule has 0 saturated heterocycles. The Hall–Kier alpha value is -1.40. The van der Waals surface area contributed by atoms with Gasteiger partial charge in [-0.2, -0.15) is 5.26 Å². The van der Waals surface area contributed by atoms with Crippen LogP contribution in [-0.4, -0.2) is 4.98 Å². The molecule has 0 atom stereocenters. The fraction of sp³-hybridized carbons (Fsp3) is 0.0909. The minimum absolute atomic E-state index is 0.452. The van der Waals surface area contributed by atoms with E-state index in [1.165, 1.54) is 5.56 Å². The van der Waals surface area contributed by atoms with Crippen LogP contribution < -0.4 is 0 Å². The van der Waals surface area contributed by atoms with Crippen LogP contribution in [-0.2, 0) is 0 Å². The highest BCUT2D eigenvalue weighted by Crippen LogP contribution is 2.26. The number of halogens is 1. The largest absolute Gasteiger partial charge is 0.237 e. The molecule has 0 fully saturated rings. The van der Waals surface area contributed by atoms with E-state index < -0.39 is 0 Å². The Morgan fingerprint density at radius 3 is 2.79 bits per heavy atom. The first-order valence-corrected chi connectivity index (χ1v) is 4.97.